The summed E-state index contributed by atoms with van der Waals surface area (Å²) in [5, 5.41) is 6.57. The highest BCUT2D eigenvalue weighted by molar-refractivity contribution is 5.79. The molecule has 0 aliphatic rings. The van der Waals surface area contributed by atoms with Crippen molar-refractivity contribution in [3.05, 3.63) is 24.2 Å². The largest absolute Gasteiger partial charge is 0.467 e. The van der Waals surface area contributed by atoms with E-state index in [0.717, 1.165) is 44.4 Å². The quantitative estimate of drug-likeness (QED) is 0.555. The zero-order valence-electron chi connectivity index (χ0n) is 12.3. The van der Waals surface area contributed by atoms with Crippen molar-refractivity contribution in [1.82, 2.24) is 15.5 Å². The molecule has 0 spiro atoms. The Labute approximate surface area is 116 Å². The van der Waals surface area contributed by atoms with Crippen LogP contribution < -0.4 is 10.6 Å². The summed E-state index contributed by atoms with van der Waals surface area (Å²) in [6.07, 6.45) is 1.67. The van der Waals surface area contributed by atoms with Gasteiger partial charge in [-0.2, -0.15) is 0 Å². The van der Waals surface area contributed by atoms with Gasteiger partial charge in [0.2, 0.25) is 0 Å². The molecule has 1 heterocycles. The van der Waals surface area contributed by atoms with Crippen LogP contribution >= 0.6 is 0 Å². The zero-order chi connectivity index (χ0) is 13.9. The lowest BCUT2D eigenvalue weighted by molar-refractivity contribution is 0.308. The SMILES string of the molecule is CCNC(=NCc1ccco1)NCCN(CC)CC. The molecule has 1 aromatic rings. The van der Waals surface area contributed by atoms with E-state index < -0.39 is 0 Å². The third kappa shape index (κ3) is 6.29. The molecular formula is C14H26N4O. The molecule has 108 valence electrons. The minimum absolute atomic E-state index is 0.563. The van der Waals surface area contributed by atoms with E-state index in [9.17, 15) is 0 Å². The van der Waals surface area contributed by atoms with Crippen LogP contribution in [0.2, 0.25) is 0 Å². The second-order valence-corrected chi connectivity index (χ2v) is 4.23. The minimum Gasteiger partial charge on any atom is -0.467 e. The Balaban J connectivity index is 2.37. The summed E-state index contributed by atoms with van der Waals surface area (Å²) in [6.45, 7) is 11.9. The number of nitrogens with one attached hydrogen (secondary N) is 2. The molecular weight excluding hydrogens is 240 g/mol. The van der Waals surface area contributed by atoms with Gasteiger partial charge in [-0.05, 0) is 32.1 Å². The standard InChI is InChI=1S/C14H26N4O/c1-4-15-14(16-9-10-18(5-2)6-3)17-12-13-8-7-11-19-13/h7-8,11H,4-6,9-10,12H2,1-3H3,(H2,15,16,17). The number of nitrogens with zero attached hydrogens (tertiary/aromatic N) is 2. The number of hydrogen-bond donors (Lipinski definition) is 2. The van der Waals surface area contributed by atoms with Gasteiger partial charge in [-0.15, -0.1) is 0 Å². The molecule has 2 N–H and O–H groups in total. The van der Waals surface area contributed by atoms with Crippen LogP contribution in [0.15, 0.2) is 27.8 Å². The van der Waals surface area contributed by atoms with Crippen LogP contribution in [0.3, 0.4) is 0 Å². The highest BCUT2D eigenvalue weighted by Crippen LogP contribution is 2.00. The number of aliphatic imine (C=N–C) groups is 1. The van der Waals surface area contributed by atoms with Gasteiger partial charge in [0.05, 0.1) is 6.26 Å². The van der Waals surface area contributed by atoms with Crippen molar-refractivity contribution in [2.24, 2.45) is 4.99 Å². The van der Waals surface area contributed by atoms with E-state index in [2.05, 4.69) is 41.3 Å². The smallest absolute Gasteiger partial charge is 0.191 e. The molecule has 0 aliphatic carbocycles. The summed E-state index contributed by atoms with van der Waals surface area (Å²) in [5.41, 5.74) is 0. The second-order valence-electron chi connectivity index (χ2n) is 4.23. The van der Waals surface area contributed by atoms with Crippen LogP contribution in [0, 0.1) is 0 Å². The summed E-state index contributed by atoms with van der Waals surface area (Å²) in [5.74, 6) is 1.71. The summed E-state index contributed by atoms with van der Waals surface area (Å²) >= 11 is 0. The van der Waals surface area contributed by atoms with E-state index in [-0.39, 0.29) is 0 Å². The van der Waals surface area contributed by atoms with Gasteiger partial charge >= 0.3 is 0 Å². The van der Waals surface area contributed by atoms with E-state index in [1.165, 1.54) is 0 Å². The summed E-state index contributed by atoms with van der Waals surface area (Å²) < 4.78 is 5.27. The van der Waals surface area contributed by atoms with Crippen LogP contribution in [0.1, 0.15) is 26.5 Å². The van der Waals surface area contributed by atoms with Crippen molar-refractivity contribution in [1.29, 1.82) is 0 Å². The first-order valence-electron chi connectivity index (χ1n) is 7.07. The van der Waals surface area contributed by atoms with Gasteiger partial charge < -0.3 is 20.0 Å². The van der Waals surface area contributed by atoms with Crippen LogP contribution in [-0.4, -0.2) is 43.6 Å². The van der Waals surface area contributed by atoms with Gasteiger partial charge in [0, 0.05) is 19.6 Å². The maximum absolute atomic E-state index is 5.27. The van der Waals surface area contributed by atoms with Gasteiger partial charge in [0.15, 0.2) is 5.96 Å². The van der Waals surface area contributed by atoms with Gasteiger partial charge in [-0.3, -0.25) is 0 Å². The molecule has 0 unspecified atom stereocenters. The van der Waals surface area contributed by atoms with E-state index >= 15 is 0 Å². The monoisotopic (exact) mass is 266 g/mol. The lowest BCUT2D eigenvalue weighted by Gasteiger charge is -2.19. The van der Waals surface area contributed by atoms with Crippen molar-refractivity contribution >= 4 is 5.96 Å². The first kappa shape index (κ1) is 15.6. The Morgan fingerprint density at radius 3 is 2.63 bits per heavy atom. The fourth-order valence-corrected chi connectivity index (χ4v) is 1.77. The van der Waals surface area contributed by atoms with Gasteiger partial charge in [0.25, 0.3) is 0 Å². The van der Waals surface area contributed by atoms with E-state index in [4.69, 9.17) is 4.42 Å². The highest BCUT2D eigenvalue weighted by Gasteiger charge is 2.01. The molecule has 19 heavy (non-hydrogen) atoms. The van der Waals surface area contributed by atoms with Crippen molar-refractivity contribution in [2.75, 3.05) is 32.7 Å². The number of hydrogen-bond acceptors (Lipinski definition) is 3. The molecule has 0 aromatic carbocycles. The Kier molecular flexibility index (Phi) is 7.74. The summed E-state index contributed by atoms with van der Waals surface area (Å²) in [7, 11) is 0. The fourth-order valence-electron chi connectivity index (χ4n) is 1.77. The van der Waals surface area contributed by atoms with Crippen molar-refractivity contribution < 1.29 is 4.42 Å². The van der Waals surface area contributed by atoms with Gasteiger partial charge in [0.1, 0.15) is 12.3 Å². The Morgan fingerprint density at radius 1 is 1.26 bits per heavy atom. The lowest BCUT2D eigenvalue weighted by Crippen LogP contribution is -2.41. The molecule has 0 saturated carbocycles. The fraction of sp³-hybridized carbons (Fsp3) is 0.643. The molecule has 0 fully saturated rings. The topological polar surface area (TPSA) is 52.8 Å². The maximum atomic E-state index is 5.27. The van der Waals surface area contributed by atoms with Gasteiger partial charge in [-0.25, -0.2) is 4.99 Å². The van der Waals surface area contributed by atoms with Crippen LogP contribution in [0.5, 0.6) is 0 Å². The molecule has 5 heteroatoms. The molecule has 0 aliphatic heterocycles. The number of likely N-dealkylation sites (N-methyl/N-ethyl adjacent to an activating group) is 1. The highest BCUT2D eigenvalue weighted by atomic mass is 16.3. The predicted molar refractivity (Wildman–Crippen MR) is 79.3 cm³/mol. The molecule has 5 nitrogen and oxygen atoms in total. The minimum atomic E-state index is 0.563. The molecule has 0 amide bonds. The molecule has 0 saturated heterocycles. The van der Waals surface area contributed by atoms with Crippen molar-refractivity contribution in [3.63, 3.8) is 0 Å². The lowest BCUT2D eigenvalue weighted by atomic mass is 10.4. The first-order chi connectivity index (χ1) is 9.30. The Hall–Kier alpha value is -1.49. The predicted octanol–water partition coefficient (Wildman–Crippen LogP) is 1.68. The number of furan rings is 1. The maximum Gasteiger partial charge on any atom is 0.191 e. The third-order valence-corrected chi connectivity index (χ3v) is 2.93. The number of guanidine groups is 1. The first-order valence-corrected chi connectivity index (χ1v) is 7.07. The molecule has 0 radical (unpaired) electrons. The normalized spacial score (nSPS) is 11.9. The molecule has 1 aromatic heterocycles. The average molecular weight is 266 g/mol. The van der Waals surface area contributed by atoms with E-state index in [1.807, 2.05) is 12.1 Å². The Bertz CT molecular complexity index is 344. The van der Waals surface area contributed by atoms with E-state index in [1.54, 1.807) is 6.26 Å². The summed E-state index contributed by atoms with van der Waals surface area (Å²) in [4.78, 5) is 6.86. The zero-order valence-corrected chi connectivity index (χ0v) is 12.3. The van der Waals surface area contributed by atoms with Crippen LogP contribution in [-0.2, 0) is 6.54 Å². The van der Waals surface area contributed by atoms with Gasteiger partial charge in [-0.1, -0.05) is 13.8 Å². The Morgan fingerprint density at radius 2 is 2.05 bits per heavy atom. The van der Waals surface area contributed by atoms with Crippen LogP contribution in [0.25, 0.3) is 0 Å². The van der Waals surface area contributed by atoms with Crippen molar-refractivity contribution in [2.45, 2.75) is 27.3 Å². The molecule has 0 bridgehead atoms. The third-order valence-electron chi connectivity index (χ3n) is 2.93. The number of rotatable bonds is 8. The van der Waals surface area contributed by atoms with Crippen molar-refractivity contribution in [3.8, 4) is 0 Å². The summed E-state index contributed by atoms with van der Waals surface area (Å²) in [6, 6.07) is 3.81. The average Bonchev–Trinajstić information content (AvgIpc) is 2.94. The second kappa shape index (κ2) is 9.44. The molecule has 1 rings (SSSR count). The van der Waals surface area contributed by atoms with E-state index in [0.29, 0.717) is 6.54 Å². The molecule has 0 atom stereocenters. The van der Waals surface area contributed by atoms with Crippen LogP contribution in [0.4, 0.5) is 0 Å².